The van der Waals surface area contributed by atoms with Crippen molar-refractivity contribution < 1.29 is 14.3 Å². The van der Waals surface area contributed by atoms with Crippen LogP contribution in [0.2, 0.25) is 0 Å². The SMILES string of the molecule is CCOc1ccc(Oc2ccc(N[C@@H](C)C(=O)Nc3ccccc3C#N)cc2)cc1. The van der Waals surface area contributed by atoms with E-state index >= 15 is 0 Å². The van der Waals surface area contributed by atoms with Crippen LogP contribution in [-0.2, 0) is 4.79 Å². The molecule has 0 heterocycles. The van der Waals surface area contributed by atoms with Gasteiger partial charge in [0.25, 0.3) is 0 Å². The summed E-state index contributed by atoms with van der Waals surface area (Å²) in [7, 11) is 0. The first-order valence-corrected chi connectivity index (χ1v) is 9.66. The number of benzene rings is 3. The molecule has 6 nitrogen and oxygen atoms in total. The van der Waals surface area contributed by atoms with Gasteiger partial charge in [0, 0.05) is 5.69 Å². The molecule has 0 aliphatic carbocycles. The van der Waals surface area contributed by atoms with Gasteiger partial charge in [-0.2, -0.15) is 5.26 Å². The lowest BCUT2D eigenvalue weighted by molar-refractivity contribution is -0.116. The maximum Gasteiger partial charge on any atom is 0.246 e. The van der Waals surface area contributed by atoms with Gasteiger partial charge in [-0.05, 0) is 74.5 Å². The first kappa shape index (κ1) is 20.7. The molecule has 3 rings (SSSR count). The summed E-state index contributed by atoms with van der Waals surface area (Å²) >= 11 is 0. The highest BCUT2D eigenvalue weighted by atomic mass is 16.5. The molecule has 30 heavy (non-hydrogen) atoms. The topological polar surface area (TPSA) is 83.4 Å². The molecule has 0 aliphatic rings. The van der Waals surface area contributed by atoms with E-state index in [0.29, 0.717) is 29.4 Å². The van der Waals surface area contributed by atoms with Gasteiger partial charge in [-0.3, -0.25) is 4.79 Å². The van der Waals surface area contributed by atoms with Gasteiger partial charge in [0.1, 0.15) is 29.4 Å². The molecular weight excluding hydrogens is 378 g/mol. The zero-order valence-corrected chi connectivity index (χ0v) is 16.9. The predicted octanol–water partition coefficient (Wildman–Crippen LogP) is 5.19. The Bertz CT molecular complexity index is 1020. The average Bonchev–Trinajstić information content (AvgIpc) is 2.77. The van der Waals surface area contributed by atoms with Crippen LogP contribution in [0.25, 0.3) is 0 Å². The highest BCUT2D eigenvalue weighted by Crippen LogP contribution is 2.25. The normalized spacial score (nSPS) is 11.1. The lowest BCUT2D eigenvalue weighted by Crippen LogP contribution is -2.32. The summed E-state index contributed by atoms with van der Waals surface area (Å²) in [5.74, 6) is 1.97. The molecule has 152 valence electrons. The number of ether oxygens (including phenoxy) is 2. The Morgan fingerprint density at radius 3 is 2.20 bits per heavy atom. The molecule has 0 radical (unpaired) electrons. The van der Waals surface area contributed by atoms with Crippen LogP contribution < -0.4 is 20.1 Å². The van der Waals surface area contributed by atoms with Gasteiger partial charge < -0.3 is 20.1 Å². The van der Waals surface area contributed by atoms with Crippen molar-refractivity contribution in [1.82, 2.24) is 0 Å². The van der Waals surface area contributed by atoms with Crippen molar-refractivity contribution in [2.45, 2.75) is 19.9 Å². The molecule has 2 N–H and O–H groups in total. The molecule has 0 spiro atoms. The number of carbonyl (C=O) groups excluding carboxylic acids is 1. The largest absolute Gasteiger partial charge is 0.494 e. The van der Waals surface area contributed by atoms with Crippen LogP contribution in [0.15, 0.2) is 72.8 Å². The highest BCUT2D eigenvalue weighted by molar-refractivity contribution is 5.97. The average molecular weight is 401 g/mol. The van der Waals surface area contributed by atoms with E-state index in [0.717, 1.165) is 11.4 Å². The van der Waals surface area contributed by atoms with E-state index in [1.54, 1.807) is 31.2 Å². The number of amides is 1. The zero-order chi connectivity index (χ0) is 21.3. The number of carbonyl (C=O) groups is 1. The minimum atomic E-state index is -0.491. The second kappa shape index (κ2) is 9.99. The molecule has 6 heteroatoms. The smallest absolute Gasteiger partial charge is 0.246 e. The van der Waals surface area contributed by atoms with Crippen molar-refractivity contribution in [3.63, 3.8) is 0 Å². The van der Waals surface area contributed by atoms with E-state index in [2.05, 4.69) is 16.7 Å². The van der Waals surface area contributed by atoms with Crippen molar-refractivity contribution in [2.24, 2.45) is 0 Å². The van der Waals surface area contributed by atoms with Crippen molar-refractivity contribution in [2.75, 3.05) is 17.2 Å². The van der Waals surface area contributed by atoms with Crippen LogP contribution in [-0.4, -0.2) is 18.6 Å². The summed E-state index contributed by atoms with van der Waals surface area (Å²) in [6, 6.07) is 23.2. The van der Waals surface area contributed by atoms with Gasteiger partial charge in [0.05, 0.1) is 17.9 Å². The van der Waals surface area contributed by atoms with E-state index in [1.807, 2.05) is 55.5 Å². The Morgan fingerprint density at radius 2 is 1.57 bits per heavy atom. The van der Waals surface area contributed by atoms with Crippen molar-refractivity contribution in [3.05, 3.63) is 78.4 Å². The quantitative estimate of drug-likeness (QED) is 0.543. The summed E-state index contributed by atoms with van der Waals surface area (Å²) in [4.78, 5) is 12.4. The number of hydrogen-bond donors (Lipinski definition) is 2. The number of hydrogen-bond acceptors (Lipinski definition) is 5. The first-order chi connectivity index (χ1) is 14.6. The summed E-state index contributed by atoms with van der Waals surface area (Å²) < 4.78 is 11.3. The van der Waals surface area contributed by atoms with Crippen LogP contribution in [0.3, 0.4) is 0 Å². The standard InChI is InChI=1S/C24H23N3O3/c1-3-29-20-12-14-22(15-13-20)30-21-10-8-19(9-11-21)26-17(2)24(28)27-23-7-5-4-6-18(23)16-25/h4-15,17,26H,3H2,1-2H3,(H,27,28)/t17-/m0/s1. The van der Waals surface area contributed by atoms with Gasteiger partial charge in [0.2, 0.25) is 5.91 Å². The van der Waals surface area contributed by atoms with E-state index in [9.17, 15) is 4.79 Å². The van der Waals surface area contributed by atoms with E-state index < -0.39 is 6.04 Å². The maximum absolute atomic E-state index is 12.4. The minimum Gasteiger partial charge on any atom is -0.494 e. The van der Waals surface area contributed by atoms with Gasteiger partial charge in [-0.1, -0.05) is 12.1 Å². The molecular formula is C24H23N3O3. The number of para-hydroxylation sites is 1. The summed E-state index contributed by atoms with van der Waals surface area (Å²) in [5.41, 5.74) is 1.71. The molecule has 1 amide bonds. The van der Waals surface area contributed by atoms with Crippen LogP contribution >= 0.6 is 0 Å². The number of nitriles is 1. The fourth-order valence-corrected chi connectivity index (χ4v) is 2.77. The molecule has 0 bridgehead atoms. The molecule has 0 unspecified atom stereocenters. The Labute approximate surface area is 176 Å². The van der Waals surface area contributed by atoms with Crippen molar-refractivity contribution in [1.29, 1.82) is 5.26 Å². The second-order valence-electron chi connectivity index (χ2n) is 6.54. The predicted molar refractivity (Wildman–Crippen MR) is 117 cm³/mol. The third kappa shape index (κ3) is 5.52. The lowest BCUT2D eigenvalue weighted by Gasteiger charge is -2.16. The minimum absolute atomic E-state index is 0.229. The maximum atomic E-state index is 12.4. The van der Waals surface area contributed by atoms with E-state index in [-0.39, 0.29) is 5.91 Å². The first-order valence-electron chi connectivity index (χ1n) is 9.66. The highest BCUT2D eigenvalue weighted by Gasteiger charge is 2.14. The van der Waals surface area contributed by atoms with Crippen molar-refractivity contribution >= 4 is 17.3 Å². The second-order valence-corrected chi connectivity index (χ2v) is 6.54. The molecule has 0 fully saturated rings. The third-order valence-electron chi connectivity index (χ3n) is 4.31. The Morgan fingerprint density at radius 1 is 0.967 bits per heavy atom. The molecule has 0 saturated heterocycles. The molecule has 3 aromatic rings. The molecule has 0 saturated carbocycles. The van der Waals surface area contributed by atoms with E-state index in [1.165, 1.54) is 0 Å². The Balaban J connectivity index is 1.56. The van der Waals surface area contributed by atoms with E-state index in [4.69, 9.17) is 14.7 Å². The third-order valence-corrected chi connectivity index (χ3v) is 4.31. The van der Waals surface area contributed by atoms with Crippen LogP contribution in [0.1, 0.15) is 19.4 Å². The number of nitrogens with one attached hydrogen (secondary N) is 2. The molecule has 3 aromatic carbocycles. The molecule has 1 atom stereocenters. The summed E-state index contributed by atoms with van der Waals surface area (Å²) in [6.45, 7) is 4.32. The number of rotatable bonds is 8. The monoisotopic (exact) mass is 401 g/mol. The van der Waals surface area contributed by atoms with Gasteiger partial charge >= 0.3 is 0 Å². The van der Waals surface area contributed by atoms with Gasteiger partial charge in [-0.25, -0.2) is 0 Å². The molecule has 0 aliphatic heterocycles. The fraction of sp³-hybridized carbons (Fsp3) is 0.167. The number of anilines is 2. The summed E-state index contributed by atoms with van der Waals surface area (Å²) in [6.07, 6.45) is 0. The number of nitrogens with zero attached hydrogens (tertiary/aromatic N) is 1. The lowest BCUT2D eigenvalue weighted by atomic mass is 10.2. The van der Waals surface area contributed by atoms with Crippen LogP contribution in [0, 0.1) is 11.3 Å². The fourth-order valence-electron chi connectivity index (χ4n) is 2.77. The van der Waals surface area contributed by atoms with Gasteiger partial charge in [-0.15, -0.1) is 0 Å². The van der Waals surface area contributed by atoms with Crippen LogP contribution in [0.4, 0.5) is 11.4 Å². The van der Waals surface area contributed by atoms with Gasteiger partial charge in [0.15, 0.2) is 0 Å². The zero-order valence-electron chi connectivity index (χ0n) is 16.9. The Hall–Kier alpha value is -3.98. The summed E-state index contributed by atoms with van der Waals surface area (Å²) in [5, 5.41) is 15.1. The van der Waals surface area contributed by atoms with Crippen LogP contribution in [0.5, 0.6) is 17.2 Å². The Kier molecular flexibility index (Phi) is 6.91. The van der Waals surface area contributed by atoms with Crippen molar-refractivity contribution in [3.8, 4) is 23.3 Å². The molecule has 0 aromatic heterocycles.